The number of thioether (sulfide) groups is 1. The van der Waals surface area contributed by atoms with Crippen LogP contribution >= 0.6 is 11.8 Å². The van der Waals surface area contributed by atoms with Crippen molar-refractivity contribution in [3.63, 3.8) is 0 Å². The highest BCUT2D eigenvalue weighted by molar-refractivity contribution is 8.17. The number of aliphatic imine (C=N–C) groups is 1. The lowest BCUT2D eigenvalue weighted by Crippen LogP contribution is -2.11. The third-order valence-corrected chi connectivity index (χ3v) is 2.76. The second-order valence-electron chi connectivity index (χ2n) is 2.33. The summed E-state index contributed by atoms with van der Waals surface area (Å²) in [6.07, 6.45) is 2.56. The first kappa shape index (κ1) is 7.60. The molecule has 10 heavy (non-hydrogen) atoms. The fourth-order valence-electron chi connectivity index (χ4n) is 0.679. The Labute approximate surface area is 64.2 Å². The zero-order valence-corrected chi connectivity index (χ0v) is 6.85. The molecule has 3 nitrogen and oxygen atoms in total. The lowest BCUT2D eigenvalue weighted by atomic mass is 10.3. The van der Waals surface area contributed by atoms with E-state index in [9.17, 15) is 0 Å². The van der Waals surface area contributed by atoms with E-state index in [-0.39, 0.29) is 4.87 Å². The van der Waals surface area contributed by atoms with Gasteiger partial charge in [0.15, 0.2) is 5.04 Å². The molecule has 0 aromatic carbocycles. The highest BCUT2D eigenvalue weighted by Gasteiger charge is 2.28. The van der Waals surface area contributed by atoms with Crippen LogP contribution in [0.3, 0.4) is 0 Å². The van der Waals surface area contributed by atoms with E-state index in [1.54, 1.807) is 6.21 Å². The highest BCUT2D eigenvalue weighted by Crippen LogP contribution is 2.34. The molecule has 1 atom stereocenters. The molecule has 0 aliphatic carbocycles. The molecule has 0 aromatic heterocycles. The van der Waals surface area contributed by atoms with Crippen molar-refractivity contribution in [2.24, 2.45) is 10.1 Å². The van der Waals surface area contributed by atoms with Crippen molar-refractivity contribution in [2.45, 2.75) is 25.1 Å². The second-order valence-corrected chi connectivity index (χ2v) is 3.83. The normalized spacial score (nSPS) is 35.6. The van der Waals surface area contributed by atoms with Gasteiger partial charge in [0.25, 0.3) is 0 Å². The lowest BCUT2D eigenvalue weighted by Gasteiger charge is -2.14. The molecular weight excluding hydrogens is 148 g/mol. The molecule has 56 valence electrons. The molecule has 4 heteroatoms. The Balaban J connectivity index is 2.69. The van der Waals surface area contributed by atoms with Crippen LogP contribution < -0.4 is 0 Å². The molecule has 0 saturated heterocycles. The van der Waals surface area contributed by atoms with Crippen LogP contribution in [0.1, 0.15) is 20.3 Å². The Bertz CT molecular complexity index is 190. The third-order valence-electron chi connectivity index (χ3n) is 1.53. The Hall–Kier alpha value is -0.510. The fourth-order valence-corrected chi connectivity index (χ4v) is 1.53. The van der Waals surface area contributed by atoms with Gasteiger partial charge in [-0.2, -0.15) is 0 Å². The minimum absolute atomic E-state index is 0.0957. The molecule has 1 unspecified atom stereocenters. The molecule has 0 fully saturated rings. The van der Waals surface area contributed by atoms with Crippen molar-refractivity contribution in [3.05, 3.63) is 0 Å². The Morgan fingerprint density at radius 3 is 2.90 bits per heavy atom. The van der Waals surface area contributed by atoms with Gasteiger partial charge >= 0.3 is 0 Å². The largest absolute Gasteiger partial charge is 0.410 e. The zero-order valence-electron chi connectivity index (χ0n) is 6.03. The number of oxime groups is 1. The minimum Gasteiger partial charge on any atom is -0.410 e. The van der Waals surface area contributed by atoms with Gasteiger partial charge in [0.1, 0.15) is 4.87 Å². The lowest BCUT2D eigenvalue weighted by molar-refractivity contribution is 0.322. The highest BCUT2D eigenvalue weighted by atomic mass is 32.2. The maximum atomic E-state index is 8.37. The first-order valence-corrected chi connectivity index (χ1v) is 3.98. The van der Waals surface area contributed by atoms with Crippen molar-refractivity contribution >= 4 is 23.0 Å². The van der Waals surface area contributed by atoms with Crippen LogP contribution in [0.5, 0.6) is 0 Å². The molecule has 0 radical (unpaired) electrons. The van der Waals surface area contributed by atoms with Crippen molar-refractivity contribution in [3.8, 4) is 0 Å². The van der Waals surface area contributed by atoms with Crippen LogP contribution in [0.2, 0.25) is 0 Å². The third kappa shape index (κ3) is 1.31. The maximum Gasteiger partial charge on any atom is 0.155 e. The van der Waals surface area contributed by atoms with E-state index in [0.717, 1.165) is 6.42 Å². The number of hydrogen-bond donors (Lipinski definition) is 1. The van der Waals surface area contributed by atoms with E-state index in [4.69, 9.17) is 5.21 Å². The molecule has 0 spiro atoms. The van der Waals surface area contributed by atoms with Gasteiger partial charge in [0, 0.05) is 0 Å². The molecule has 1 heterocycles. The molecule has 0 bridgehead atoms. The summed E-state index contributed by atoms with van der Waals surface area (Å²) in [5.41, 5.74) is 0. The fraction of sp³-hybridized carbons (Fsp3) is 0.667. The standard InChI is InChI=1S/C6H10N2OS/c1-3-6(2)7-4-5(8-9)10-6/h4,9H,3H2,1-2H3. The van der Waals surface area contributed by atoms with Crippen molar-refractivity contribution in [1.82, 2.24) is 0 Å². The van der Waals surface area contributed by atoms with Crippen LogP contribution in [0.25, 0.3) is 0 Å². The Morgan fingerprint density at radius 2 is 2.60 bits per heavy atom. The van der Waals surface area contributed by atoms with Gasteiger partial charge in [0.05, 0.1) is 6.21 Å². The van der Waals surface area contributed by atoms with Crippen molar-refractivity contribution < 1.29 is 5.21 Å². The summed E-state index contributed by atoms with van der Waals surface area (Å²) < 4.78 is 0. The van der Waals surface area contributed by atoms with Gasteiger partial charge in [-0.1, -0.05) is 23.8 Å². The Morgan fingerprint density at radius 1 is 1.90 bits per heavy atom. The monoisotopic (exact) mass is 158 g/mol. The predicted octanol–water partition coefficient (Wildman–Crippen LogP) is 1.72. The quantitative estimate of drug-likeness (QED) is 0.466. The first-order valence-electron chi connectivity index (χ1n) is 3.16. The smallest absolute Gasteiger partial charge is 0.155 e. The van der Waals surface area contributed by atoms with Crippen LogP contribution in [-0.2, 0) is 0 Å². The number of hydrogen-bond acceptors (Lipinski definition) is 4. The first-order chi connectivity index (χ1) is 4.70. The Kier molecular flexibility index (Phi) is 1.99. The van der Waals surface area contributed by atoms with Gasteiger partial charge in [-0.15, -0.1) is 0 Å². The van der Waals surface area contributed by atoms with Crippen LogP contribution in [0.15, 0.2) is 10.1 Å². The van der Waals surface area contributed by atoms with Gasteiger partial charge in [-0.25, -0.2) is 0 Å². The van der Waals surface area contributed by atoms with E-state index >= 15 is 0 Å². The SMILES string of the molecule is CCC1(C)N=CC(=NO)S1. The molecule has 0 amide bonds. The van der Waals surface area contributed by atoms with Crippen molar-refractivity contribution in [2.75, 3.05) is 0 Å². The van der Waals surface area contributed by atoms with E-state index in [0.29, 0.717) is 5.04 Å². The van der Waals surface area contributed by atoms with Crippen molar-refractivity contribution in [1.29, 1.82) is 0 Å². The molecule has 1 aliphatic rings. The average molecular weight is 158 g/mol. The topological polar surface area (TPSA) is 45.0 Å². The predicted molar refractivity (Wildman–Crippen MR) is 44.0 cm³/mol. The summed E-state index contributed by atoms with van der Waals surface area (Å²) in [4.78, 5) is 4.09. The van der Waals surface area contributed by atoms with E-state index in [1.165, 1.54) is 11.8 Å². The average Bonchev–Trinajstić information content (AvgIpc) is 2.33. The van der Waals surface area contributed by atoms with Gasteiger partial charge in [-0.05, 0) is 13.3 Å². The van der Waals surface area contributed by atoms with Gasteiger partial charge in [-0.3, -0.25) is 4.99 Å². The number of rotatable bonds is 1. The molecule has 1 aliphatic heterocycles. The zero-order chi connectivity index (χ0) is 7.61. The van der Waals surface area contributed by atoms with Crippen LogP contribution in [0.4, 0.5) is 0 Å². The second kappa shape index (κ2) is 2.62. The summed E-state index contributed by atoms with van der Waals surface area (Å²) in [5.74, 6) is 0. The summed E-state index contributed by atoms with van der Waals surface area (Å²) in [5, 5.41) is 12.0. The summed E-state index contributed by atoms with van der Waals surface area (Å²) in [6, 6.07) is 0. The van der Waals surface area contributed by atoms with E-state index in [1.807, 2.05) is 6.92 Å². The molecule has 1 N–H and O–H groups in total. The maximum absolute atomic E-state index is 8.37. The van der Waals surface area contributed by atoms with Crippen LogP contribution in [0, 0.1) is 0 Å². The van der Waals surface area contributed by atoms with Gasteiger partial charge < -0.3 is 5.21 Å². The van der Waals surface area contributed by atoms with Gasteiger partial charge in [0.2, 0.25) is 0 Å². The summed E-state index contributed by atoms with van der Waals surface area (Å²) in [6.45, 7) is 4.08. The minimum atomic E-state index is -0.0957. The summed E-state index contributed by atoms with van der Waals surface area (Å²) in [7, 11) is 0. The molecular formula is C6H10N2OS. The number of nitrogens with zero attached hydrogens (tertiary/aromatic N) is 2. The molecule has 1 rings (SSSR count). The van der Waals surface area contributed by atoms with E-state index in [2.05, 4.69) is 17.1 Å². The van der Waals surface area contributed by atoms with Crippen LogP contribution in [-0.4, -0.2) is 21.3 Å². The molecule has 0 saturated carbocycles. The van der Waals surface area contributed by atoms with E-state index < -0.39 is 0 Å². The summed E-state index contributed by atoms with van der Waals surface area (Å²) >= 11 is 1.49. The molecule has 0 aromatic rings.